The van der Waals surface area contributed by atoms with E-state index < -0.39 is 5.60 Å². The Hall–Kier alpha value is -2.03. The number of methoxy groups -OCH3 is 1. The highest BCUT2D eigenvalue weighted by atomic mass is 16.6. The highest BCUT2D eigenvalue weighted by Crippen LogP contribution is 2.36. The lowest BCUT2D eigenvalue weighted by atomic mass is 9.78. The molecule has 0 spiro atoms. The standard InChI is InChI=1S/C26H44N4O5/c1-26(2,3)35-25(33)29-15-9-20(10-16-29)28-13-11-21(12-14-28)30-22(17-27-24(30)32)18-5-7-19(8-6-18)23(31)34-4/h18-22H,5-17H2,1-4H3,(H,27,32). The number of piperidine rings is 2. The molecule has 9 heteroatoms. The van der Waals surface area contributed by atoms with Gasteiger partial charge < -0.3 is 29.5 Å². The molecule has 3 amide bonds. The maximum absolute atomic E-state index is 12.8. The Kier molecular flexibility index (Phi) is 8.13. The molecule has 1 N–H and O–H groups in total. The summed E-state index contributed by atoms with van der Waals surface area (Å²) in [6, 6.07) is 1.08. The molecule has 4 rings (SSSR count). The fourth-order valence-corrected chi connectivity index (χ4v) is 6.54. The minimum atomic E-state index is -0.462. The summed E-state index contributed by atoms with van der Waals surface area (Å²) in [5.74, 6) is 0.370. The van der Waals surface area contributed by atoms with Crippen molar-refractivity contribution >= 4 is 18.1 Å². The van der Waals surface area contributed by atoms with Crippen LogP contribution in [0.1, 0.15) is 72.1 Å². The van der Waals surface area contributed by atoms with Gasteiger partial charge in [-0.25, -0.2) is 9.59 Å². The molecule has 3 saturated heterocycles. The van der Waals surface area contributed by atoms with Crippen LogP contribution in [-0.2, 0) is 14.3 Å². The molecule has 9 nitrogen and oxygen atoms in total. The SMILES string of the molecule is COC(=O)C1CCC(C2CNC(=O)N2C2CCN(C3CCN(C(=O)OC(C)(C)C)CC3)CC2)CC1. The molecule has 0 aromatic heterocycles. The quantitative estimate of drug-likeness (QED) is 0.606. The molecule has 0 aromatic carbocycles. The Bertz CT molecular complexity index is 760. The van der Waals surface area contributed by atoms with Crippen LogP contribution in [-0.4, -0.2) is 96.4 Å². The van der Waals surface area contributed by atoms with Gasteiger partial charge in [0.15, 0.2) is 0 Å². The molecule has 3 heterocycles. The van der Waals surface area contributed by atoms with Crippen LogP contribution in [0, 0.1) is 11.8 Å². The summed E-state index contributed by atoms with van der Waals surface area (Å²) in [4.78, 5) is 43.6. The Morgan fingerprint density at radius 2 is 1.49 bits per heavy atom. The normalized spacial score (nSPS) is 29.7. The van der Waals surface area contributed by atoms with Crippen molar-refractivity contribution in [1.29, 1.82) is 0 Å². The van der Waals surface area contributed by atoms with Crippen molar-refractivity contribution in [3.05, 3.63) is 0 Å². The lowest BCUT2D eigenvalue weighted by Crippen LogP contribution is -2.54. The van der Waals surface area contributed by atoms with Gasteiger partial charge in [-0.2, -0.15) is 0 Å². The van der Waals surface area contributed by atoms with E-state index in [1.165, 1.54) is 7.11 Å². The minimum absolute atomic E-state index is 0.0136. The Balaban J connectivity index is 1.25. The Morgan fingerprint density at radius 3 is 2.06 bits per heavy atom. The van der Waals surface area contributed by atoms with E-state index in [0.29, 0.717) is 12.0 Å². The van der Waals surface area contributed by atoms with Crippen LogP contribution < -0.4 is 5.32 Å². The average Bonchev–Trinajstić information content (AvgIpc) is 3.24. The average molecular weight is 493 g/mol. The van der Waals surface area contributed by atoms with Crippen molar-refractivity contribution in [1.82, 2.24) is 20.0 Å². The van der Waals surface area contributed by atoms with Crippen molar-refractivity contribution in [3.63, 3.8) is 0 Å². The number of hydrogen-bond donors (Lipinski definition) is 1. The maximum Gasteiger partial charge on any atom is 0.410 e. The molecule has 198 valence electrons. The van der Waals surface area contributed by atoms with Crippen molar-refractivity contribution < 1.29 is 23.9 Å². The molecular formula is C26H44N4O5. The summed E-state index contributed by atoms with van der Waals surface area (Å²) >= 11 is 0. The Morgan fingerprint density at radius 1 is 0.886 bits per heavy atom. The second-order valence-electron chi connectivity index (χ2n) is 11.8. The highest BCUT2D eigenvalue weighted by Gasteiger charge is 2.43. The van der Waals surface area contributed by atoms with Gasteiger partial charge in [-0.15, -0.1) is 0 Å². The van der Waals surface area contributed by atoms with Crippen molar-refractivity contribution in [3.8, 4) is 0 Å². The van der Waals surface area contributed by atoms with Gasteiger partial charge >= 0.3 is 18.1 Å². The van der Waals surface area contributed by atoms with Gasteiger partial charge in [0, 0.05) is 44.8 Å². The topological polar surface area (TPSA) is 91.4 Å². The number of carbonyl (C=O) groups excluding carboxylic acids is 3. The van der Waals surface area contributed by atoms with Crippen LogP contribution in [0.15, 0.2) is 0 Å². The van der Waals surface area contributed by atoms with Gasteiger partial charge in [0.2, 0.25) is 0 Å². The minimum Gasteiger partial charge on any atom is -0.469 e. The largest absolute Gasteiger partial charge is 0.469 e. The van der Waals surface area contributed by atoms with Crippen LogP contribution in [0.3, 0.4) is 0 Å². The summed E-state index contributed by atoms with van der Waals surface area (Å²) in [6.07, 6.45) is 7.39. The first-order valence-corrected chi connectivity index (χ1v) is 13.5. The molecule has 0 aromatic rings. The number of urea groups is 1. The number of likely N-dealkylation sites (tertiary alicyclic amines) is 2. The van der Waals surface area contributed by atoms with E-state index >= 15 is 0 Å². The third kappa shape index (κ3) is 6.22. The smallest absolute Gasteiger partial charge is 0.410 e. The van der Waals surface area contributed by atoms with E-state index in [1.54, 1.807) is 0 Å². The van der Waals surface area contributed by atoms with Crippen LogP contribution >= 0.6 is 0 Å². The number of nitrogens with one attached hydrogen (secondary N) is 1. The van der Waals surface area contributed by atoms with Gasteiger partial charge in [-0.3, -0.25) is 4.79 Å². The van der Waals surface area contributed by atoms with Crippen molar-refractivity contribution in [2.45, 2.75) is 95.9 Å². The van der Waals surface area contributed by atoms with E-state index in [4.69, 9.17) is 9.47 Å². The van der Waals surface area contributed by atoms with Crippen LogP contribution in [0.5, 0.6) is 0 Å². The van der Waals surface area contributed by atoms with Crippen LogP contribution in [0.25, 0.3) is 0 Å². The highest BCUT2D eigenvalue weighted by molar-refractivity contribution is 5.77. The molecule has 1 saturated carbocycles. The van der Waals surface area contributed by atoms with Crippen LogP contribution in [0.4, 0.5) is 9.59 Å². The zero-order valence-electron chi connectivity index (χ0n) is 22.0. The first kappa shape index (κ1) is 26.0. The molecule has 3 aliphatic heterocycles. The van der Waals surface area contributed by atoms with Gasteiger partial charge in [0.25, 0.3) is 0 Å². The lowest BCUT2D eigenvalue weighted by Gasteiger charge is -2.45. The maximum atomic E-state index is 12.8. The molecule has 1 aliphatic carbocycles. The monoisotopic (exact) mass is 492 g/mol. The predicted molar refractivity (Wildman–Crippen MR) is 132 cm³/mol. The zero-order chi connectivity index (χ0) is 25.2. The molecule has 4 fully saturated rings. The fraction of sp³-hybridized carbons (Fsp3) is 0.885. The number of hydrogen-bond acceptors (Lipinski definition) is 6. The molecule has 4 aliphatic rings. The molecular weight excluding hydrogens is 448 g/mol. The molecule has 1 atom stereocenters. The Labute approximate surface area is 209 Å². The van der Waals surface area contributed by atoms with E-state index in [-0.39, 0.29) is 36.1 Å². The summed E-state index contributed by atoms with van der Waals surface area (Å²) in [5, 5.41) is 3.10. The molecule has 1 unspecified atom stereocenters. The van der Waals surface area contributed by atoms with Gasteiger partial charge in [0.05, 0.1) is 19.1 Å². The molecule has 0 bridgehead atoms. The number of nitrogens with zero attached hydrogens (tertiary/aromatic N) is 3. The second-order valence-corrected chi connectivity index (χ2v) is 11.8. The van der Waals surface area contributed by atoms with Gasteiger partial charge in [-0.1, -0.05) is 0 Å². The second kappa shape index (κ2) is 10.9. The van der Waals surface area contributed by atoms with E-state index in [0.717, 1.165) is 84.1 Å². The van der Waals surface area contributed by atoms with Gasteiger partial charge in [-0.05, 0) is 78.1 Å². The van der Waals surface area contributed by atoms with E-state index in [1.807, 2.05) is 25.7 Å². The van der Waals surface area contributed by atoms with Crippen LogP contribution in [0.2, 0.25) is 0 Å². The number of esters is 1. The first-order chi connectivity index (χ1) is 16.7. The fourth-order valence-electron chi connectivity index (χ4n) is 6.54. The number of carbonyl (C=O) groups is 3. The number of ether oxygens (including phenoxy) is 2. The van der Waals surface area contributed by atoms with E-state index in [9.17, 15) is 14.4 Å². The summed E-state index contributed by atoms with van der Waals surface area (Å²) < 4.78 is 10.5. The van der Waals surface area contributed by atoms with Crippen molar-refractivity contribution in [2.24, 2.45) is 11.8 Å². The summed E-state index contributed by atoms with van der Waals surface area (Å²) in [7, 11) is 1.46. The summed E-state index contributed by atoms with van der Waals surface area (Å²) in [5.41, 5.74) is -0.462. The number of amides is 3. The number of rotatable bonds is 4. The first-order valence-electron chi connectivity index (χ1n) is 13.5. The third-order valence-electron chi connectivity index (χ3n) is 8.43. The predicted octanol–water partition coefficient (Wildman–Crippen LogP) is 3.22. The molecule has 0 radical (unpaired) electrons. The summed E-state index contributed by atoms with van der Waals surface area (Å²) in [6.45, 7) is 9.89. The van der Waals surface area contributed by atoms with E-state index in [2.05, 4.69) is 15.1 Å². The molecule has 35 heavy (non-hydrogen) atoms. The lowest BCUT2D eigenvalue weighted by molar-refractivity contribution is -0.147. The third-order valence-corrected chi connectivity index (χ3v) is 8.43. The zero-order valence-corrected chi connectivity index (χ0v) is 22.0. The van der Waals surface area contributed by atoms with Gasteiger partial charge in [0.1, 0.15) is 5.60 Å². The van der Waals surface area contributed by atoms with Crippen molar-refractivity contribution in [2.75, 3.05) is 39.8 Å².